The van der Waals surface area contributed by atoms with Crippen molar-refractivity contribution in [2.75, 3.05) is 16.9 Å². The molecule has 2 heterocycles. The topological polar surface area (TPSA) is 71.8 Å². The van der Waals surface area contributed by atoms with Crippen molar-refractivity contribution >= 4 is 29.3 Å². The summed E-state index contributed by atoms with van der Waals surface area (Å²) in [5, 5.41) is 11.6. The summed E-state index contributed by atoms with van der Waals surface area (Å²) in [6, 6.07) is 5.86. The lowest BCUT2D eigenvalue weighted by molar-refractivity contribution is -0.113. The Hall–Kier alpha value is -2.28. The zero-order valence-corrected chi connectivity index (χ0v) is 16.9. The summed E-state index contributed by atoms with van der Waals surface area (Å²) >= 11 is 1.49. The number of anilines is 2. The number of rotatable bonds is 4. The number of nitrogens with zero attached hydrogens (tertiary/aromatic N) is 3. The highest BCUT2D eigenvalue weighted by Crippen LogP contribution is 2.36. The van der Waals surface area contributed by atoms with Crippen LogP contribution < -0.4 is 10.6 Å². The summed E-state index contributed by atoms with van der Waals surface area (Å²) in [4.78, 5) is 17.6. The summed E-state index contributed by atoms with van der Waals surface area (Å²) in [6.07, 6.45) is 1.94. The largest absolute Gasteiger partial charge is 0.328 e. The molecule has 0 aliphatic carbocycles. The van der Waals surface area contributed by atoms with Gasteiger partial charge in [0, 0.05) is 11.4 Å². The number of carbonyl (C=O) groups is 1. The molecule has 0 fully saturated rings. The lowest BCUT2D eigenvalue weighted by Gasteiger charge is -2.30. The first kappa shape index (κ1) is 18.5. The van der Waals surface area contributed by atoms with E-state index in [4.69, 9.17) is 0 Å². The van der Waals surface area contributed by atoms with Gasteiger partial charge in [0.15, 0.2) is 0 Å². The average Bonchev–Trinajstić information content (AvgIpc) is 2.98. The van der Waals surface area contributed by atoms with Gasteiger partial charge >= 0.3 is 0 Å². The molecule has 0 spiro atoms. The number of fused-ring (bicyclic) bond motifs is 1. The Balaban J connectivity index is 1.97. The molecule has 2 aromatic rings. The first-order valence-corrected chi connectivity index (χ1v) is 9.91. The highest BCUT2D eigenvalue weighted by molar-refractivity contribution is 7.98. The van der Waals surface area contributed by atoms with Gasteiger partial charge in [-0.25, -0.2) is 4.68 Å². The van der Waals surface area contributed by atoms with Crippen LogP contribution in [0.3, 0.4) is 0 Å². The van der Waals surface area contributed by atoms with Crippen LogP contribution in [0.1, 0.15) is 37.9 Å². The molecule has 26 heavy (non-hydrogen) atoms. The van der Waals surface area contributed by atoms with E-state index >= 15 is 0 Å². The monoisotopic (exact) mass is 371 g/mol. The number of amides is 1. The quantitative estimate of drug-likeness (QED) is 0.790. The third-order valence-corrected chi connectivity index (χ3v) is 5.10. The van der Waals surface area contributed by atoms with Crippen LogP contribution in [0.15, 0.2) is 34.6 Å². The predicted octanol–water partition coefficient (Wildman–Crippen LogP) is 4.15. The molecule has 1 atom stereocenters. The number of hydrogen-bond acceptors (Lipinski definition) is 5. The van der Waals surface area contributed by atoms with E-state index < -0.39 is 0 Å². The fourth-order valence-electron chi connectivity index (χ4n) is 3.31. The number of aromatic nitrogens is 3. The van der Waals surface area contributed by atoms with Gasteiger partial charge in [-0.15, -0.1) is 5.10 Å². The zero-order valence-electron chi connectivity index (χ0n) is 16.0. The molecule has 0 unspecified atom stereocenters. The van der Waals surface area contributed by atoms with Crippen LogP contribution in [-0.2, 0) is 4.79 Å². The third kappa shape index (κ3) is 3.35. The summed E-state index contributed by atoms with van der Waals surface area (Å²) < 4.78 is 1.83. The van der Waals surface area contributed by atoms with Crippen molar-refractivity contribution in [3.63, 3.8) is 0 Å². The summed E-state index contributed by atoms with van der Waals surface area (Å²) in [7, 11) is 0. The predicted molar refractivity (Wildman–Crippen MR) is 107 cm³/mol. The standard InChI is InChI=1S/C19H25N5OS/c1-10(2)16-15(13(5)20-18-22-19(26-6)23-24(16)18)17(25)21-14-8-7-11(3)9-12(14)4/h7-10,16H,1-6H3,(H,21,25)(H,20,22,23)/t16-/m1/s1. The van der Waals surface area contributed by atoms with Crippen molar-refractivity contribution in [1.82, 2.24) is 14.8 Å². The van der Waals surface area contributed by atoms with E-state index in [1.807, 2.05) is 43.8 Å². The second-order valence-electron chi connectivity index (χ2n) is 6.99. The van der Waals surface area contributed by atoms with Crippen LogP contribution in [0.4, 0.5) is 11.6 Å². The van der Waals surface area contributed by atoms with E-state index in [2.05, 4.69) is 40.6 Å². The molecule has 1 aromatic heterocycles. The number of benzene rings is 1. The molecule has 1 aliphatic rings. The summed E-state index contributed by atoms with van der Waals surface area (Å²) in [6.45, 7) is 10.2. The van der Waals surface area contributed by atoms with Crippen LogP contribution in [0.25, 0.3) is 0 Å². The average molecular weight is 372 g/mol. The Bertz CT molecular complexity index is 884. The van der Waals surface area contributed by atoms with Crippen LogP contribution in [-0.4, -0.2) is 26.9 Å². The fourth-order valence-corrected chi connectivity index (χ4v) is 3.66. The highest BCUT2D eigenvalue weighted by Gasteiger charge is 2.35. The fraction of sp³-hybridized carbons (Fsp3) is 0.421. The van der Waals surface area contributed by atoms with Crippen molar-refractivity contribution in [3.05, 3.63) is 40.6 Å². The number of nitrogens with one attached hydrogen (secondary N) is 2. The second kappa shape index (κ2) is 7.15. The van der Waals surface area contributed by atoms with Crippen molar-refractivity contribution in [2.24, 2.45) is 5.92 Å². The Morgan fingerprint density at radius 1 is 1.31 bits per heavy atom. The van der Waals surface area contributed by atoms with E-state index in [0.717, 1.165) is 16.9 Å². The van der Waals surface area contributed by atoms with Crippen molar-refractivity contribution < 1.29 is 4.79 Å². The molecule has 3 rings (SSSR count). The van der Waals surface area contributed by atoms with Gasteiger partial charge < -0.3 is 10.6 Å². The maximum absolute atomic E-state index is 13.1. The number of hydrogen-bond donors (Lipinski definition) is 2. The van der Waals surface area contributed by atoms with E-state index in [0.29, 0.717) is 16.7 Å². The molecule has 1 aromatic carbocycles. The van der Waals surface area contributed by atoms with Gasteiger partial charge in [-0.3, -0.25) is 4.79 Å². The Labute approximate surface area is 158 Å². The van der Waals surface area contributed by atoms with E-state index in [1.165, 1.54) is 17.3 Å². The number of aryl methyl sites for hydroxylation is 2. The van der Waals surface area contributed by atoms with Gasteiger partial charge in [-0.1, -0.05) is 43.3 Å². The van der Waals surface area contributed by atoms with Gasteiger partial charge in [0.1, 0.15) is 0 Å². The third-order valence-electron chi connectivity index (χ3n) is 4.56. The van der Waals surface area contributed by atoms with Crippen molar-refractivity contribution in [3.8, 4) is 0 Å². The molecule has 6 nitrogen and oxygen atoms in total. The number of allylic oxidation sites excluding steroid dienone is 1. The van der Waals surface area contributed by atoms with Gasteiger partial charge in [-0.2, -0.15) is 4.98 Å². The Morgan fingerprint density at radius 3 is 2.65 bits per heavy atom. The van der Waals surface area contributed by atoms with E-state index in [9.17, 15) is 4.79 Å². The zero-order chi connectivity index (χ0) is 19.0. The highest BCUT2D eigenvalue weighted by atomic mass is 32.2. The smallest absolute Gasteiger partial charge is 0.255 e. The number of thioether (sulfide) groups is 1. The minimum absolute atomic E-state index is 0.104. The second-order valence-corrected chi connectivity index (χ2v) is 7.77. The van der Waals surface area contributed by atoms with Gasteiger partial charge in [0.2, 0.25) is 11.1 Å². The normalized spacial score (nSPS) is 16.5. The minimum atomic E-state index is -0.162. The molecule has 1 amide bonds. The van der Waals surface area contributed by atoms with Gasteiger partial charge in [0.05, 0.1) is 11.6 Å². The van der Waals surface area contributed by atoms with Crippen molar-refractivity contribution in [2.45, 2.75) is 45.8 Å². The molecule has 1 aliphatic heterocycles. The molecule has 7 heteroatoms. The molecular weight excluding hydrogens is 346 g/mol. The molecular formula is C19H25N5OS. The maximum atomic E-state index is 13.1. The van der Waals surface area contributed by atoms with Gasteiger partial charge in [0.25, 0.3) is 5.91 Å². The molecule has 2 N–H and O–H groups in total. The lowest BCUT2D eigenvalue weighted by Crippen LogP contribution is -2.33. The molecule has 0 saturated heterocycles. The summed E-state index contributed by atoms with van der Waals surface area (Å²) in [5.41, 5.74) is 4.57. The SMILES string of the molecule is CSc1nc2n(n1)[C@H](C(C)C)C(C(=O)Nc1ccc(C)cc1C)=C(C)N2. The molecule has 138 valence electrons. The first-order valence-electron chi connectivity index (χ1n) is 8.68. The van der Waals surface area contributed by atoms with E-state index in [-0.39, 0.29) is 17.9 Å². The minimum Gasteiger partial charge on any atom is -0.328 e. The lowest BCUT2D eigenvalue weighted by atomic mass is 9.92. The van der Waals surface area contributed by atoms with Crippen molar-refractivity contribution in [1.29, 1.82) is 0 Å². The van der Waals surface area contributed by atoms with Gasteiger partial charge in [-0.05, 0) is 44.6 Å². The Morgan fingerprint density at radius 2 is 2.04 bits per heavy atom. The summed E-state index contributed by atoms with van der Waals surface area (Å²) in [5.74, 6) is 0.781. The molecule has 0 saturated carbocycles. The molecule has 0 bridgehead atoms. The van der Waals surface area contributed by atoms with Crippen LogP contribution in [0.5, 0.6) is 0 Å². The van der Waals surface area contributed by atoms with E-state index in [1.54, 1.807) is 0 Å². The maximum Gasteiger partial charge on any atom is 0.255 e. The number of carbonyl (C=O) groups excluding carboxylic acids is 1. The van der Waals surface area contributed by atoms with Crippen LogP contribution >= 0.6 is 11.8 Å². The first-order chi connectivity index (χ1) is 12.3. The Kier molecular flexibility index (Phi) is 5.09. The molecule has 0 radical (unpaired) electrons. The van der Waals surface area contributed by atoms with Crippen LogP contribution in [0.2, 0.25) is 0 Å². The van der Waals surface area contributed by atoms with Crippen LogP contribution in [0, 0.1) is 19.8 Å².